The molecule has 1 saturated heterocycles. The van der Waals surface area contributed by atoms with Crippen LogP contribution < -0.4 is 10.6 Å². The molecule has 4 amide bonds. The SMILES string of the molecule is O=C(CN1C(=O)NC2(CCCC2)C1=O)Nc1cccnc1-n1cncn1. The van der Waals surface area contributed by atoms with Gasteiger partial charge in [0.15, 0.2) is 5.82 Å². The maximum Gasteiger partial charge on any atom is 0.325 e. The van der Waals surface area contributed by atoms with E-state index >= 15 is 0 Å². The second-order valence-electron chi connectivity index (χ2n) is 6.37. The van der Waals surface area contributed by atoms with Gasteiger partial charge in [-0.2, -0.15) is 5.10 Å². The van der Waals surface area contributed by atoms with E-state index in [0.717, 1.165) is 17.7 Å². The monoisotopic (exact) mass is 355 g/mol. The van der Waals surface area contributed by atoms with Crippen molar-refractivity contribution in [3.05, 3.63) is 31.0 Å². The quantitative estimate of drug-likeness (QED) is 0.769. The molecule has 1 aliphatic carbocycles. The van der Waals surface area contributed by atoms with Gasteiger partial charge in [-0.15, -0.1) is 0 Å². The van der Waals surface area contributed by atoms with E-state index in [1.54, 1.807) is 18.3 Å². The van der Waals surface area contributed by atoms with E-state index in [0.29, 0.717) is 24.3 Å². The molecule has 134 valence electrons. The van der Waals surface area contributed by atoms with Gasteiger partial charge in [0.25, 0.3) is 5.91 Å². The molecule has 1 spiro atoms. The van der Waals surface area contributed by atoms with Crippen LogP contribution in [-0.4, -0.2) is 54.6 Å². The number of hydrogen-bond acceptors (Lipinski definition) is 6. The lowest BCUT2D eigenvalue weighted by Crippen LogP contribution is -2.44. The van der Waals surface area contributed by atoms with Crippen molar-refractivity contribution in [3.63, 3.8) is 0 Å². The van der Waals surface area contributed by atoms with Gasteiger partial charge in [-0.05, 0) is 25.0 Å². The Labute approximate surface area is 148 Å². The number of hydrogen-bond donors (Lipinski definition) is 2. The summed E-state index contributed by atoms with van der Waals surface area (Å²) in [5.41, 5.74) is -0.414. The minimum Gasteiger partial charge on any atom is -0.323 e. The van der Waals surface area contributed by atoms with Crippen LogP contribution >= 0.6 is 0 Å². The van der Waals surface area contributed by atoms with Crippen LogP contribution in [0.15, 0.2) is 31.0 Å². The zero-order valence-corrected chi connectivity index (χ0v) is 13.9. The first-order valence-electron chi connectivity index (χ1n) is 8.33. The number of imide groups is 1. The van der Waals surface area contributed by atoms with Crippen molar-refractivity contribution in [1.29, 1.82) is 0 Å². The topological polar surface area (TPSA) is 122 Å². The fourth-order valence-electron chi connectivity index (χ4n) is 3.47. The van der Waals surface area contributed by atoms with Gasteiger partial charge >= 0.3 is 6.03 Å². The highest BCUT2D eigenvalue weighted by Gasteiger charge is 2.52. The second kappa shape index (κ2) is 6.21. The first kappa shape index (κ1) is 16.2. The first-order valence-corrected chi connectivity index (χ1v) is 8.33. The molecule has 0 radical (unpaired) electrons. The van der Waals surface area contributed by atoms with Crippen LogP contribution in [0.25, 0.3) is 5.82 Å². The summed E-state index contributed by atoms with van der Waals surface area (Å²) in [4.78, 5) is 46.2. The molecule has 1 aliphatic heterocycles. The van der Waals surface area contributed by atoms with Crippen LogP contribution in [0.2, 0.25) is 0 Å². The lowest BCUT2D eigenvalue weighted by Gasteiger charge is -2.19. The summed E-state index contributed by atoms with van der Waals surface area (Å²) in [6, 6.07) is 2.80. The summed E-state index contributed by atoms with van der Waals surface area (Å²) in [6.45, 7) is -0.349. The number of nitrogens with one attached hydrogen (secondary N) is 2. The molecular weight excluding hydrogens is 338 g/mol. The minimum absolute atomic E-state index is 0.321. The molecule has 1 saturated carbocycles. The molecule has 2 aromatic heterocycles. The summed E-state index contributed by atoms with van der Waals surface area (Å²) >= 11 is 0. The normalized spacial score (nSPS) is 18.4. The number of rotatable bonds is 4. The third kappa shape index (κ3) is 2.68. The van der Waals surface area contributed by atoms with E-state index in [4.69, 9.17) is 0 Å². The molecule has 2 aromatic rings. The van der Waals surface area contributed by atoms with E-state index in [2.05, 4.69) is 25.7 Å². The fraction of sp³-hybridized carbons (Fsp3) is 0.375. The molecule has 0 unspecified atom stereocenters. The Morgan fingerprint density at radius 3 is 2.85 bits per heavy atom. The summed E-state index contributed by atoms with van der Waals surface area (Å²) in [7, 11) is 0. The van der Waals surface area contributed by atoms with Crippen LogP contribution in [-0.2, 0) is 9.59 Å². The van der Waals surface area contributed by atoms with Crippen molar-refractivity contribution in [3.8, 4) is 5.82 Å². The largest absolute Gasteiger partial charge is 0.325 e. The molecule has 2 aliphatic rings. The molecular formula is C16H17N7O3. The van der Waals surface area contributed by atoms with Gasteiger partial charge in [0.2, 0.25) is 5.91 Å². The Bertz CT molecular complexity index is 858. The van der Waals surface area contributed by atoms with Crippen LogP contribution in [0.5, 0.6) is 0 Å². The zero-order valence-electron chi connectivity index (χ0n) is 13.9. The van der Waals surface area contributed by atoms with Crippen molar-refractivity contribution in [2.45, 2.75) is 31.2 Å². The van der Waals surface area contributed by atoms with E-state index in [1.165, 1.54) is 17.3 Å². The highest BCUT2D eigenvalue weighted by atomic mass is 16.2. The van der Waals surface area contributed by atoms with Crippen molar-refractivity contribution in [2.24, 2.45) is 0 Å². The number of aromatic nitrogens is 4. The van der Waals surface area contributed by atoms with Gasteiger partial charge < -0.3 is 10.6 Å². The number of pyridine rings is 1. The molecule has 4 rings (SSSR count). The van der Waals surface area contributed by atoms with Crippen LogP contribution in [0.4, 0.5) is 10.5 Å². The summed E-state index contributed by atoms with van der Waals surface area (Å²) in [5.74, 6) is -0.418. The average molecular weight is 355 g/mol. The molecule has 10 heteroatoms. The van der Waals surface area contributed by atoms with E-state index in [-0.39, 0.29) is 12.5 Å². The molecule has 26 heavy (non-hydrogen) atoms. The Kier molecular flexibility index (Phi) is 3.86. The molecule has 0 bridgehead atoms. The van der Waals surface area contributed by atoms with Crippen molar-refractivity contribution >= 4 is 23.5 Å². The van der Waals surface area contributed by atoms with E-state index < -0.39 is 17.5 Å². The van der Waals surface area contributed by atoms with E-state index in [9.17, 15) is 14.4 Å². The van der Waals surface area contributed by atoms with Gasteiger partial charge in [-0.1, -0.05) is 12.8 Å². The third-order valence-electron chi connectivity index (χ3n) is 4.70. The number of nitrogens with zero attached hydrogens (tertiary/aromatic N) is 5. The lowest BCUT2D eigenvalue weighted by atomic mass is 9.98. The second-order valence-corrected chi connectivity index (χ2v) is 6.37. The first-order chi connectivity index (χ1) is 12.6. The Morgan fingerprint density at radius 1 is 1.31 bits per heavy atom. The van der Waals surface area contributed by atoms with Crippen molar-refractivity contribution < 1.29 is 14.4 Å². The smallest absolute Gasteiger partial charge is 0.323 e. The number of carbonyl (C=O) groups is 3. The van der Waals surface area contributed by atoms with Gasteiger partial charge in [0.1, 0.15) is 24.7 Å². The Balaban J connectivity index is 1.49. The van der Waals surface area contributed by atoms with Crippen LogP contribution in [0.3, 0.4) is 0 Å². The van der Waals surface area contributed by atoms with Gasteiger partial charge in [-0.3, -0.25) is 14.5 Å². The molecule has 0 atom stereocenters. The molecule has 3 heterocycles. The number of carbonyl (C=O) groups excluding carboxylic acids is 3. The van der Waals surface area contributed by atoms with Crippen LogP contribution in [0, 0.1) is 0 Å². The maximum atomic E-state index is 12.6. The molecule has 2 fully saturated rings. The predicted molar refractivity (Wildman–Crippen MR) is 89.2 cm³/mol. The summed E-state index contributed by atoms with van der Waals surface area (Å²) < 4.78 is 1.41. The fourth-order valence-corrected chi connectivity index (χ4v) is 3.47. The summed E-state index contributed by atoms with van der Waals surface area (Å²) in [5, 5.41) is 9.43. The Hall–Kier alpha value is -3.30. The van der Waals surface area contributed by atoms with Crippen molar-refractivity contribution in [2.75, 3.05) is 11.9 Å². The molecule has 2 N–H and O–H groups in total. The predicted octanol–water partition coefficient (Wildman–Crippen LogP) is 0.465. The minimum atomic E-state index is -0.822. The highest BCUT2D eigenvalue weighted by molar-refractivity contribution is 6.10. The summed E-state index contributed by atoms with van der Waals surface area (Å²) in [6.07, 6.45) is 7.40. The highest BCUT2D eigenvalue weighted by Crippen LogP contribution is 2.34. The molecule has 10 nitrogen and oxygen atoms in total. The van der Waals surface area contributed by atoms with E-state index in [1.807, 2.05) is 0 Å². The maximum absolute atomic E-state index is 12.6. The van der Waals surface area contributed by atoms with Crippen molar-refractivity contribution in [1.82, 2.24) is 30.0 Å². The third-order valence-corrected chi connectivity index (χ3v) is 4.70. The number of amides is 4. The average Bonchev–Trinajstić information content (AvgIpc) is 3.35. The van der Waals surface area contributed by atoms with Gasteiger partial charge in [0, 0.05) is 6.20 Å². The van der Waals surface area contributed by atoms with Gasteiger partial charge in [0.05, 0.1) is 5.69 Å². The van der Waals surface area contributed by atoms with Crippen LogP contribution in [0.1, 0.15) is 25.7 Å². The number of anilines is 1. The number of urea groups is 1. The Morgan fingerprint density at radius 2 is 2.12 bits per heavy atom. The molecule has 0 aromatic carbocycles. The zero-order chi connectivity index (χ0) is 18.1. The lowest BCUT2D eigenvalue weighted by molar-refractivity contribution is -0.133. The standard InChI is InChI=1S/C16H17N7O3/c24-12(8-22-14(25)16(21-15(22)26)5-1-2-6-16)20-11-4-3-7-18-13(11)23-10-17-9-19-23/h3-4,7,9-10H,1-2,5-6,8H2,(H,20,24)(H,21,26). The van der Waals surface area contributed by atoms with Gasteiger partial charge in [-0.25, -0.2) is 19.4 Å².